The summed E-state index contributed by atoms with van der Waals surface area (Å²) >= 11 is 0. The summed E-state index contributed by atoms with van der Waals surface area (Å²) in [6.45, 7) is 0.494. The fourth-order valence-corrected chi connectivity index (χ4v) is 3.97. The first kappa shape index (κ1) is 27.0. The first-order valence-electron chi connectivity index (χ1n) is 10.8. The Bertz CT molecular complexity index is 1130. The molecule has 1 aliphatic rings. The SMILES string of the molecule is CN=CC(=C(N)C(=O)N1CC(F)(F)C[C@@H](C)C1CNc1ncc(C(F)(F)F)cn1)c1ccc(F)cc1. The van der Waals surface area contributed by atoms with Crippen LogP contribution in [0.2, 0.25) is 0 Å². The van der Waals surface area contributed by atoms with Gasteiger partial charge in [-0.05, 0) is 23.6 Å². The standard InChI is InChI=1S/C23H24F6N6O/c1-13-7-22(25,26)12-35(18(13)11-34-21-32-8-15(9-33-21)23(27,28)29)20(36)19(30)17(10-31-2)14-3-5-16(24)6-4-14/h3-6,8-10,13,18H,7,11-12,30H2,1-2H3,(H,32,33,34)/t13-,18?/m1/s1. The number of nitrogens with one attached hydrogen (secondary N) is 1. The summed E-state index contributed by atoms with van der Waals surface area (Å²) in [5.41, 5.74) is 5.19. The Morgan fingerprint density at radius 2 is 1.86 bits per heavy atom. The number of piperidine rings is 1. The minimum atomic E-state index is -4.61. The third kappa shape index (κ3) is 6.32. The number of hydrogen-bond acceptors (Lipinski definition) is 6. The molecule has 2 heterocycles. The van der Waals surface area contributed by atoms with Crippen LogP contribution in [0.1, 0.15) is 24.5 Å². The molecule has 1 aromatic heterocycles. The van der Waals surface area contributed by atoms with Crippen molar-refractivity contribution in [2.75, 3.05) is 25.5 Å². The van der Waals surface area contributed by atoms with Crippen molar-refractivity contribution >= 4 is 23.6 Å². The van der Waals surface area contributed by atoms with Crippen LogP contribution < -0.4 is 11.1 Å². The Morgan fingerprint density at radius 3 is 2.42 bits per heavy atom. The lowest BCUT2D eigenvalue weighted by atomic mass is 9.88. The molecule has 0 saturated carbocycles. The van der Waals surface area contributed by atoms with Gasteiger partial charge < -0.3 is 16.0 Å². The highest BCUT2D eigenvalue weighted by atomic mass is 19.4. The molecule has 1 saturated heterocycles. The molecule has 194 valence electrons. The van der Waals surface area contributed by atoms with E-state index in [-0.39, 0.29) is 23.8 Å². The number of allylic oxidation sites excluding steroid dienone is 1. The van der Waals surface area contributed by atoms with Crippen LogP contribution >= 0.6 is 0 Å². The maximum absolute atomic E-state index is 14.5. The van der Waals surface area contributed by atoms with Crippen LogP contribution in [0, 0.1) is 11.7 Å². The fourth-order valence-electron chi connectivity index (χ4n) is 3.97. The number of alkyl halides is 5. The van der Waals surface area contributed by atoms with Gasteiger partial charge in [0.05, 0.1) is 18.2 Å². The van der Waals surface area contributed by atoms with Crippen molar-refractivity contribution in [3.63, 3.8) is 0 Å². The second-order valence-corrected chi connectivity index (χ2v) is 8.43. The average molecular weight is 514 g/mol. The molecule has 1 aliphatic heterocycles. The van der Waals surface area contributed by atoms with Crippen molar-refractivity contribution in [2.45, 2.75) is 31.5 Å². The summed E-state index contributed by atoms with van der Waals surface area (Å²) in [6, 6.07) is 4.26. The van der Waals surface area contributed by atoms with Crippen molar-refractivity contribution in [1.29, 1.82) is 0 Å². The van der Waals surface area contributed by atoms with Crippen LogP contribution in [0.5, 0.6) is 0 Å². The van der Waals surface area contributed by atoms with Crippen LogP contribution in [0.15, 0.2) is 47.3 Å². The zero-order chi connectivity index (χ0) is 26.7. The number of nitrogens with zero attached hydrogens (tertiary/aromatic N) is 4. The van der Waals surface area contributed by atoms with E-state index in [1.54, 1.807) is 0 Å². The van der Waals surface area contributed by atoms with Gasteiger partial charge in [-0.25, -0.2) is 23.1 Å². The van der Waals surface area contributed by atoms with E-state index in [4.69, 9.17) is 5.73 Å². The quantitative estimate of drug-likeness (QED) is 0.345. The van der Waals surface area contributed by atoms with Crippen LogP contribution in [0.4, 0.5) is 32.3 Å². The zero-order valence-electron chi connectivity index (χ0n) is 19.4. The number of aliphatic imine (C=N–C) groups is 1. The second-order valence-electron chi connectivity index (χ2n) is 8.43. The molecule has 2 aromatic rings. The van der Waals surface area contributed by atoms with Gasteiger partial charge in [0.25, 0.3) is 11.8 Å². The number of likely N-dealkylation sites (tertiary alicyclic amines) is 1. The lowest BCUT2D eigenvalue weighted by molar-refractivity contribution is -0.148. The molecule has 1 unspecified atom stereocenters. The van der Waals surface area contributed by atoms with Gasteiger partial charge in [0.15, 0.2) is 0 Å². The number of carbonyl (C=O) groups excluding carboxylic acids is 1. The molecular formula is C23H24F6N6O. The van der Waals surface area contributed by atoms with Gasteiger partial charge in [-0.15, -0.1) is 0 Å². The van der Waals surface area contributed by atoms with Crippen LogP contribution in [0.25, 0.3) is 5.57 Å². The highest BCUT2D eigenvalue weighted by molar-refractivity contribution is 6.18. The molecule has 13 heteroatoms. The largest absolute Gasteiger partial charge is 0.419 e. The number of halogens is 6. The van der Waals surface area contributed by atoms with Gasteiger partial charge in [0.1, 0.15) is 11.5 Å². The number of amides is 1. The highest BCUT2D eigenvalue weighted by Crippen LogP contribution is 2.35. The Hall–Kier alpha value is -3.64. The molecule has 0 radical (unpaired) electrons. The summed E-state index contributed by atoms with van der Waals surface area (Å²) in [5.74, 6) is -5.46. The fraction of sp³-hybridized carbons (Fsp3) is 0.391. The smallest absolute Gasteiger partial charge is 0.394 e. The van der Waals surface area contributed by atoms with Crippen molar-refractivity contribution in [3.05, 3.63) is 59.3 Å². The predicted octanol–water partition coefficient (Wildman–Crippen LogP) is 3.99. The number of benzene rings is 1. The van der Waals surface area contributed by atoms with E-state index in [1.165, 1.54) is 32.3 Å². The number of carbonyl (C=O) groups is 1. The maximum atomic E-state index is 14.5. The van der Waals surface area contributed by atoms with Crippen molar-refractivity contribution in [2.24, 2.45) is 16.6 Å². The lowest BCUT2D eigenvalue weighted by Crippen LogP contribution is -2.58. The molecule has 1 amide bonds. The normalized spacial score (nSPS) is 20.8. The predicted molar refractivity (Wildman–Crippen MR) is 122 cm³/mol. The Balaban J connectivity index is 1.89. The minimum Gasteiger partial charge on any atom is -0.394 e. The number of aromatic nitrogens is 2. The highest BCUT2D eigenvalue weighted by Gasteiger charge is 2.46. The molecule has 3 N–H and O–H groups in total. The van der Waals surface area contributed by atoms with Gasteiger partial charge in [-0.2, -0.15) is 13.2 Å². The van der Waals surface area contributed by atoms with E-state index in [0.717, 1.165) is 17.0 Å². The third-order valence-corrected chi connectivity index (χ3v) is 5.72. The van der Waals surface area contributed by atoms with Gasteiger partial charge in [-0.3, -0.25) is 9.79 Å². The van der Waals surface area contributed by atoms with Crippen molar-refractivity contribution in [1.82, 2.24) is 14.9 Å². The molecular weight excluding hydrogens is 490 g/mol. The summed E-state index contributed by atoms with van der Waals surface area (Å²) in [6.07, 6.45) is -2.66. The van der Waals surface area contributed by atoms with Gasteiger partial charge in [-0.1, -0.05) is 19.1 Å². The van der Waals surface area contributed by atoms with E-state index in [0.29, 0.717) is 18.0 Å². The van der Waals surface area contributed by atoms with E-state index in [2.05, 4.69) is 20.3 Å². The molecule has 3 rings (SSSR count). The Kier molecular flexibility index (Phi) is 7.89. The van der Waals surface area contributed by atoms with Crippen LogP contribution in [0.3, 0.4) is 0 Å². The third-order valence-electron chi connectivity index (χ3n) is 5.72. The monoisotopic (exact) mass is 514 g/mol. The molecule has 7 nitrogen and oxygen atoms in total. The van der Waals surface area contributed by atoms with E-state index in [1.807, 2.05) is 0 Å². The van der Waals surface area contributed by atoms with E-state index >= 15 is 0 Å². The van der Waals surface area contributed by atoms with E-state index < -0.39 is 54.3 Å². The zero-order valence-corrected chi connectivity index (χ0v) is 19.4. The molecule has 2 atom stereocenters. The molecule has 0 bridgehead atoms. The van der Waals surface area contributed by atoms with Gasteiger partial charge in [0, 0.05) is 44.2 Å². The van der Waals surface area contributed by atoms with Crippen LogP contribution in [-0.4, -0.2) is 59.1 Å². The molecule has 1 aromatic carbocycles. The summed E-state index contributed by atoms with van der Waals surface area (Å²) in [4.78, 5) is 25.4. The first-order chi connectivity index (χ1) is 16.8. The lowest BCUT2D eigenvalue weighted by Gasteiger charge is -2.43. The van der Waals surface area contributed by atoms with Crippen molar-refractivity contribution in [3.8, 4) is 0 Å². The summed E-state index contributed by atoms with van der Waals surface area (Å²) < 4.78 is 80.5. The first-order valence-corrected chi connectivity index (χ1v) is 10.8. The van der Waals surface area contributed by atoms with E-state index in [9.17, 15) is 31.1 Å². The molecule has 36 heavy (non-hydrogen) atoms. The topological polar surface area (TPSA) is 96.5 Å². The molecule has 0 aliphatic carbocycles. The number of hydrogen-bond donors (Lipinski definition) is 2. The summed E-state index contributed by atoms with van der Waals surface area (Å²) in [7, 11) is 1.43. The Labute approximate surface area is 203 Å². The molecule has 1 fully saturated rings. The Morgan fingerprint density at radius 1 is 1.25 bits per heavy atom. The molecule has 0 spiro atoms. The minimum absolute atomic E-state index is 0.116. The second kappa shape index (κ2) is 10.5. The van der Waals surface area contributed by atoms with Gasteiger partial charge >= 0.3 is 6.18 Å². The van der Waals surface area contributed by atoms with Gasteiger partial charge in [0.2, 0.25) is 5.95 Å². The maximum Gasteiger partial charge on any atom is 0.419 e. The number of rotatable bonds is 6. The average Bonchev–Trinajstić information content (AvgIpc) is 2.80. The van der Waals surface area contributed by atoms with Crippen LogP contribution in [-0.2, 0) is 11.0 Å². The summed E-state index contributed by atoms with van der Waals surface area (Å²) in [5, 5.41) is 2.71. The number of nitrogens with two attached hydrogens (primary N) is 1. The van der Waals surface area contributed by atoms with Crippen molar-refractivity contribution < 1.29 is 31.1 Å². The number of anilines is 1.